The van der Waals surface area contributed by atoms with Crippen molar-refractivity contribution in [1.82, 2.24) is 19.8 Å². The van der Waals surface area contributed by atoms with Crippen LogP contribution in [0.5, 0.6) is 0 Å². The molecule has 0 atom stereocenters. The molecule has 2 N–H and O–H groups in total. The first-order valence-electron chi connectivity index (χ1n) is 11.0. The molecule has 162 valence electrons. The molecule has 1 aliphatic heterocycles. The van der Waals surface area contributed by atoms with Crippen LogP contribution < -0.4 is 5.32 Å². The number of H-pyrrole nitrogens is 1. The van der Waals surface area contributed by atoms with Gasteiger partial charge in [-0.3, -0.25) is 4.90 Å². The average molecular weight is 426 g/mol. The van der Waals surface area contributed by atoms with Gasteiger partial charge in [0.15, 0.2) is 0 Å². The van der Waals surface area contributed by atoms with Gasteiger partial charge in [0.2, 0.25) is 0 Å². The summed E-state index contributed by atoms with van der Waals surface area (Å²) in [6.07, 6.45) is 0. The van der Waals surface area contributed by atoms with Crippen LogP contribution in [-0.2, 0) is 6.54 Å². The van der Waals surface area contributed by atoms with Crippen molar-refractivity contribution in [2.45, 2.75) is 13.5 Å². The molecule has 1 fully saturated rings. The minimum absolute atomic E-state index is 0.0270. The molecule has 0 bridgehead atoms. The monoisotopic (exact) mass is 425 g/mol. The van der Waals surface area contributed by atoms with Gasteiger partial charge in [-0.15, -0.1) is 0 Å². The minimum atomic E-state index is -0.0270. The van der Waals surface area contributed by atoms with Crippen LogP contribution in [-0.4, -0.2) is 52.0 Å². The first kappa shape index (κ1) is 20.3. The SMILES string of the molecule is Cc1ccc(NC(=O)N2CCN(Cc3ccc4nc(-c5ccccc5)[nH]c4c3)CC2)cc1. The molecular formula is C26H27N5O. The Kier molecular flexibility index (Phi) is 5.60. The van der Waals surface area contributed by atoms with Crippen LogP contribution in [0.25, 0.3) is 22.4 Å². The summed E-state index contributed by atoms with van der Waals surface area (Å²) < 4.78 is 0. The normalized spacial score (nSPS) is 14.6. The van der Waals surface area contributed by atoms with Crippen molar-refractivity contribution >= 4 is 22.8 Å². The number of nitrogens with zero attached hydrogens (tertiary/aromatic N) is 3. The van der Waals surface area contributed by atoms with Crippen LogP contribution in [0.4, 0.5) is 10.5 Å². The van der Waals surface area contributed by atoms with E-state index in [0.29, 0.717) is 0 Å². The molecule has 0 radical (unpaired) electrons. The first-order valence-corrected chi connectivity index (χ1v) is 11.0. The third-order valence-corrected chi connectivity index (χ3v) is 5.96. The van der Waals surface area contributed by atoms with Gasteiger partial charge in [0, 0.05) is 44.0 Å². The quantitative estimate of drug-likeness (QED) is 0.489. The van der Waals surface area contributed by atoms with Crippen LogP contribution in [0.15, 0.2) is 72.8 Å². The van der Waals surface area contributed by atoms with E-state index < -0.39 is 0 Å². The Bertz CT molecular complexity index is 1210. The van der Waals surface area contributed by atoms with Gasteiger partial charge in [0.25, 0.3) is 0 Å². The fourth-order valence-corrected chi connectivity index (χ4v) is 4.09. The molecule has 4 aromatic rings. The summed E-state index contributed by atoms with van der Waals surface area (Å²) in [6.45, 7) is 6.07. The molecule has 1 saturated heterocycles. The van der Waals surface area contributed by atoms with E-state index in [2.05, 4.69) is 45.5 Å². The number of anilines is 1. The number of piperazine rings is 1. The van der Waals surface area contributed by atoms with Gasteiger partial charge < -0.3 is 15.2 Å². The van der Waals surface area contributed by atoms with Crippen LogP contribution in [0.3, 0.4) is 0 Å². The Morgan fingerprint density at radius 1 is 0.969 bits per heavy atom. The number of carbonyl (C=O) groups excluding carboxylic acids is 1. The van der Waals surface area contributed by atoms with Crippen LogP contribution in [0.1, 0.15) is 11.1 Å². The van der Waals surface area contributed by atoms with Crippen molar-refractivity contribution in [2.75, 3.05) is 31.5 Å². The lowest BCUT2D eigenvalue weighted by atomic mass is 10.1. The lowest BCUT2D eigenvalue weighted by molar-refractivity contribution is 0.143. The van der Waals surface area contributed by atoms with Gasteiger partial charge in [-0.1, -0.05) is 54.1 Å². The van der Waals surface area contributed by atoms with E-state index in [0.717, 1.165) is 60.8 Å². The highest BCUT2D eigenvalue weighted by Gasteiger charge is 2.21. The zero-order valence-corrected chi connectivity index (χ0v) is 18.2. The molecule has 1 aliphatic rings. The van der Waals surface area contributed by atoms with E-state index in [-0.39, 0.29) is 6.03 Å². The fourth-order valence-electron chi connectivity index (χ4n) is 4.09. The second kappa shape index (κ2) is 8.85. The van der Waals surface area contributed by atoms with Gasteiger partial charge in [-0.05, 0) is 36.8 Å². The number of carbonyl (C=O) groups is 1. The summed E-state index contributed by atoms with van der Waals surface area (Å²) in [5.41, 5.74) is 6.39. The zero-order chi connectivity index (χ0) is 21.9. The molecule has 0 aliphatic carbocycles. The minimum Gasteiger partial charge on any atom is -0.338 e. The number of hydrogen-bond acceptors (Lipinski definition) is 3. The van der Waals surface area contributed by atoms with Gasteiger partial charge in [0.1, 0.15) is 5.82 Å². The van der Waals surface area contributed by atoms with E-state index in [1.165, 1.54) is 11.1 Å². The maximum Gasteiger partial charge on any atom is 0.321 e. The topological polar surface area (TPSA) is 64.3 Å². The molecule has 5 rings (SSSR count). The summed E-state index contributed by atoms with van der Waals surface area (Å²) in [4.78, 5) is 25.0. The zero-order valence-electron chi connectivity index (χ0n) is 18.2. The Morgan fingerprint density at radius 3 is 2.47 bits per heavy atom. The molecular weight excluding hydrogens is 398 g/mol. The number of amides is 2. The number of hydrogen-bond donors (Lipinski definition) is 2. The Hall–Kier alpha value is -3.64. The van der Waals surface area contributed by atoms with Gasteiger partial charge in [-0.2, -0.15) is 0 Å². The molecule has 2 amide bonds. The standard InChI is InChI=1S/C26H27N5O/c1-19-7-10-22(11-8-19)27-26(32)31-15-13-30(14-16-31)18-20-9-12-23-24(17-20)29-25(28-23)21-5-3-2-4-6-21/h2-12,17H,13-16,18H2,1H3,(H,27,32)(H,28,29). The highest BCUT2D eigenvalue weighted by atomic mass is 16.2. The molecule has 3 aromatic carbocycles. The van der Waals surface area contributed by atoms with Gasteiger partial charge in [-0.25, -0.2) is 9.78 Å². The van der Waals surface area contributed by atoms with E-state index in [4.69, 9.17) is 4.98 Å². The predicted molar refractivity (Wildman–Crippen MR) is 129 cm³/mol. The fraction of sp³-hybridized carbons (Fsp3) is 0.231. The van der Waals surface area contributed by atoms with Crippen molar-refractivity contribution in [3.63, 3.8) is 0 Å². The van der Waals surface area contributed by atoms with Crippen LogP contribution in [0, 0.1) is 6.92 Å². The number of benzene rings is 3. The molecule has 1 aromatic heterocycles. The Balaban J connectivity index is 1.18. The van der Waals surface area contributed by atoms with Crippen LogP contribution >= 0.6 is 0 Å². The highest BCUT2D eigenvalue weighted by Crippen LogP contribution is 2.22. The summed E-state index contributed by atoms with van der Waals surface area (Å²) in [5, 5.41) is 3.00. The average Bonchev–Trinajstić information content (AvgIpc) is 3.25. The van der Waals surface area contributed by atoms with Crippen molar-refractivity contribution in [3.8, 4) is 11.4 Å². The largest absolute Gasteiger partial charge is 0.338 e. The van der Waals surface area contributed by atoms with Crippen molar-refractivity contribution in [1.29, 1.82) is 0 Å². The molecule has 32 heavy (non-hydrogen) atoms. The molecule has 6 heteroatoms. The summed E-state index contributed by atoms with van der Waals surface area (Å²) in [5.74, 6) is 0.894. The van der Waals surface area contributed by atoms with Gasteiger partial charge >= 0.3 is 6.03 Å². The van der Waals surface area contributed by atoms with Crippen molar-refractivity contribution in [3.05, 3.63) is 83.9 Å². The van der Waals surface area contributed by atoms with Crippen LogP contribution in [0.2, 0.25) is 0 Å². The summed E-state index contributed by atoms with van der Waals surface area (Å²) in [6, 6.07) is 24.5. The number of aromatic nitrogens is 2. The van der Waals surface area contributed by atoms with Gasteiger partial charge in [0.05, 0.1) is 11.0 Å². The lowest BCUT2D eigenvalue weighted by Gasteiger charge is -2.34. The van der Waals surface area contributed by atoms with Crippen molar-refractivity contribution < 1.29 is 4.79 Å². The number of rotatable bonds is 4. The molecule has 0 unspecified atom stereocenters. The lowest BCUT2D eigenvalue weighted by Crippen LogP contribution is -2.49. The molecule has 0 saturated carbocycles. The third-order valence-electron chi connectivity index (χ3n) is 5.96. The van der Waals surface area contributed by atoms with E-state index in [9.17, 15) is 4.79 Å². The van der Waals surface area contributed by atoms with E-state index in [1.807, 2.05) is 54.3 Å². The number of fused-ring (bicyclic) bond motifs is 1. The number of imidazole rings is 1. The third kappa shape index (κ3) is 4.50. The Morgan fingerprint density at radius 2 is 1.72 bits per heavy atom. The number of urea groups is 1. The number of aromatic amines is 1. The Labute approximate surface area is 187 Å². The first-order chi connectivity index (χ1) is 15.6. The number of aryl methyl sites for hydroxylation is 1. The maximum atomic E-state index is 12.6. The van der Waals surface area contributed by atoms with E-state index in [1.54, 1.807) is 0 Å². The number of nitrogens with one attached hydrogen (secondary N) is 2. The second-order valence-corrected chi connectivity index (χ2v) is 8.36. The van der Waals surface area contributed by atoms with E-state index >= 15 is 0 Å². The second-order valence-electron chi connectivity index (χ2n) is 8.36. The molecule has 0 spiro atoms. The molecule has 6 nitrogen and oxygen atoms in total. The highest BCUT2D eigenvalue weighted by molar-refractivity contribution is 5.89. The smallest absolute Gasteiger partial charge is 0.321 e. The summed E-state index contributed by atoms with van der Waals surface area (Å²) in [7, 11) is 0. The van der Waals surface area contributed by atoms with Crippen molar-refractivity contribution in [2.24, 2.45) is 0 Å². The molecule has 2 heterocycles. The maximum absolute atomic E-state index is 12.6. The predicted octanol–water partition coefficient (Wildman–Crippen LogP) is 4.89. The summed E-state index contributed by atoms with van der Waals surface area (Å²) >= 11 is 0.